The first kappa shape index (κ1) is 13.6. The lowest BCUT2D eigenvalue weighted by Crippen LogP contribution is -1.92. The van der Waals surface area contributed by atoms with Crippen LogP contribution in [0.5, 0.6) is 0 Å². The molecule has 0 saturated heterocycles. The van der Waals surface area contributed by atoms with Gasteiger partial charge < -0.3 is 0 Å². The molecule has 4 rings (SSSR count). The number of thiophene rings is 2. The van der Waals surface area contributed by atoms with Gasteiger partial charge in [-0.1, -0.05) is 12.1 Å². The number of nitrogens with zero attached hydrogens (tertiary/aromatic N) is 2. The monoisotopic (exact) mass is 322 g/mol. The second-order valence-electron chi connectivity index (χ2n) is 5.23. The predicted molar refractivity (Wildman–Crippen MR) is 95.6 cm³/mol. The maximum Gasteiger partial charge on any atom is 0.108 e. The number of rotatable bonds is 2. The summed E-state index contributed by atoms with van der Waals surface area (Å²) in [5.41, 5.74) is 3.86. The van der Waals surface area contributed by atoms with E-state index in [1.807, 2.05) is 24.3 Å². The summed E-state index contributed by atoms with van der Waals surface area (Å²) in [6, 6.07) is 16.6. The highest BCUT2D eigenvalue weighted by Crippen LogP contribution is 2.37. The average molecular weight is 322 g/mol. The summed E-state index contributed by atoms with van der Waals surface area (Å²) in [5, 5.41) is 0. The van der Waals surface area contributed by atoms with Crippen molar-refractivity contribution in [3.63, 3.8) is 0 Å². The number of benzene rings is 1. The van der Waals surface area contributed by atoms with Gasteiger partial charge in [-0.05, 0) is 50.2 Å². The first-order chi connectivity index (χ1) is 10.7. The number of fused-ring (bicyclic) bond motifs is 1. The van der Waals surface area contributed by atoms with E-state index in [1.54, 1.807) is 22.7 Å². The van der Waals surface area contributed by atoms with E-state index in [2.05, 4.69) is 38.1 Å². The third-order valence-corrected chi connectivity index (χ3v) is 5.53. The van der Waals surface area contributed by atoms with Crippen LogP contribution < -0.4 is 0 Å². The minimum atomic E-state index is 0.945. The smallest absolute Gasteiger partial charge is 0.108 e. The van der Waals surface area contributed by atoms with Crippen molar-refractivity contribution < 1.29 is 0 Å². The molecule has 4 heteroatoms. The molecule has 0 N–H and O–H groups in total. The molecule has 22 heavy (non-hydrogen) atoms. The highest BCUT2D eigenvalue weighted by atomic mass is 32.1. The van der Waals surface area contributed by atoms with Crippen LogP contribution in [0.2, 0.25) is 0 Å². The van der Waals surface area contributed by atoms with Crippen LogP contribution in [-0.2, 0) is 0 Å². The predicted octanol–water partition coefficient (Wildman–Crippen LogP) is 5.70. The number of aryl methyl sites for hydroxylation is 2. The van der Waals surface area contributed by atoms with E-state index in [4.69, 9.17) is 9.97 Å². The van der Waals surface area contributed by atoms with Gasteiger partial charge in [0.1, 0.15) is 11.4 Å². The second kappa shape index (κ2) is 5.30. The molecule has 0 spiro atoms. The molecule has 0 unspecified atom stereocenters. The summed E-state index contributed by atoms with van der Waals surface area (Å²) >= 11 is 3.53. The number of para-hydroxylation sites is 2. The van der Waals surface area contributed by atoms with Crippen LogP contribution in [0.25, 0.3) is 32.2 Å². The maximum absolute atomic E-state index is 4.90. The highest BCUT2D eigenvalue weighted by Gasteiger charge is 2.15. The second-order valence-corrected chi connectivity index (χ2v) is 7.81. The van der Waals surface area contributed by atoms with E-state index in [9.17, 15) is 0 Å². The van der Waals surface area contributed by atoms with Gasteiger partial charge >= 0.3 is 0 Å². The summed E-state index contributed by atoms with van der Waals surface area (Å²) in [4.78, 5) is 14.7. The Labute approximate surface area is 137 Å². The van der Waals surface area contributed by atoms with Gasteiger partial charge in [-0.3, -0.25) is 0 Å². The fourth-order valence-electron chi connectivity index (χ4n) is 2.47. The largest absolute Gasteiger partial charge is 0.243 e. The van der Waals surface area contributed by atoms with Crippen LogP contribution in [0.1, 0.15) is 9.75 Å². The molecule has 108 valence electrons. The van der Waals surface area contributed by atoms with Crippen molar-refractivity contribution in [2.45, 2.75) is 13.8 Å². The van der Waals surface area contributed by atoms with Gasteiger partial charge in [0, 0.05) is 9.75 Å². The molecule has 0 amide bonds. The molecule has 3 aromatic heterocycles. The first-order valence-corrected chi connectivity index (χ1v) is 8.74. The van der Waals surface area contributed by atoms with Crippen LogP contribution in [0.4, 0.5) is 0 Å². The Bertz CT molecular complexity index is 887. The first-order valence-electron chi connectivity index (χ1n) is 7.11. The zero-order chi connectivity index (χ0) is 15.1. The molecular formula is C18H14N2S2. The fraction of sp³-hybridized carbons (Fsp3) is 0.111. The fourth-order valence-corrected chi connectivity index (χ4v) is 4.18. The van der Waals surface area contributed by atoms with Crippen molar-refractivity contribution in [2.24, 2.45) is 0 Å². The Morgan fingerprint density at radius 3 is 1.45 bits per heavy atom. The van der Waals surface area contributed by atoms with Crippen molar-refractivity contribution in [1.82, 2.24) is 9.97 Å². The molecule has 0 aliphatic heterocycles. The van der Waals surface area contributed by atoms with Gasteiger partial charge in [0.15, 0.2) is 0 Å². The summed E-state index contributed by atoms with van der Waals surface area (Å²) in [6.45, 7) is 4.25. The highest BCUT2D eigenvalue weighted by molar-refractivity contribution is 7.16. The topological polar surface area (TPSA) is 25.8 Å². The van der Waals surface area contributed by atoms with Crippen molar-refractivity contribution in [1.29, 1.82) is 0 Å². The van der Waals surface area contributed by atoms with E-state index >= 15 is 0 Å². The Balaban J connectivity index is 2.03. The number of aromatic nitrogens is 2. The lowest BCUT2D eigenvalue weighted by molar-refractivity contribution is 1.31. The molecule has 0 aliphatic rings. The van der Waals surface area contributed by atoms with Crippen molar-refractivity contribution in [2.75, 3.05) is 0 Å². The molecule has 0 atom stereocenters. The molecule has 0 saturated carbocycles. The lowest BCUT2D eigenvalue weighted by Gasteiger charge is -2.07. The molecule has 4 aromatic rings. The Morgan fingerprint density at radius 1 is 0.636 bits per heavy atom. The summed E-state index contributed by atoms with van der Waals surface area (Å²) in [5.74, 6) is 0. The summed E-state index contributed by atoms with van der Waals surface area (Å²) in [6.07, 6.45) is 0. The van der Waals surface area contributed by atoms with Crippen molar-refractivity contribution in [3.8, 4) is 21.1 Å². The van der Waals surface area contributed by atoms with Crippen molar-refractivity contribution in [3.05, 3.63) is 58.3 Å². The summed E-state index contributed by atoms with van der Waals surface area (Å²) < 4.78 is 0. The van der Waals surface area contributed by atoms with Crippen LogP contribution in [-0.4, -0.2) is 9.97 Å². The summed E-state index contributed by atoms with van der Waals surface area (Å²) in [7, 11) is 0. The molecule has 1 aromatic carbocycles. The van der Waals surface area contributed by atoms with Crippen LogP contribution >= 0.6 is 22.7 Å². The van der Waals surface area contributed by atoms with Gasteiger partial charge in [0.2, 0.25) is 0 Å². The Hall–Kier alpha value is -2.04. The quantitative estimate of drug-likeness (QED) is 0.473. The minimum absolute atomic E-state index is 0.945. The molecule has 2 nitrogen and oxygen atoms in total. The molecular weight excluding hydrogens is 308 g/mol. The van der Waals surface area contributed by atoms with Gasteiger partial charge in [-0.15, -0.1) is 22.7 Å². The van der Waals surface area contributed by atoms with Gasteiger partial charge in [0.25, 0.3) is 0 Å². The zero-order valence-electron chi connectivity index (χ0n) is 12.3. The number of hydrogen-bond acceptors (Lipinski definition) is 4. The van der Waals surface area contributed by atoms with E-state index < -0.39 is 0 Å². The van der Waals surface area contributed by atoms with Gasteiger partial charge in [-0.2, -0.15) is 0 Å². The van der Waals surface area contributed by atoms with E-state index in [0.717, 1.165) is 22.4 Å². The van der Waals surface area contributed by atoms with Crippen LogP contribution in [0, 0.1) is 13.8 Å². The minimum Gasteiger partial charge on any atom is -0.243 e. The van der Waals surface area contributed by atoms with Crippen LogP contribution in [0.15, 0.2) is 48.5 Å². The normalized spacial score (nSPS) is 11.2. The van der Waals surface area contributed by atoms with Crippen LogP contribution in [0.3, 0.4) is 0 Å². The van der Waals surface area contributed by atoms with Gasteiger partial charge in [-0.25, -0.2) is 9.97 Å². The van der Waals surface area contributed by atoms with E-state index in [1.165, 1.54) is 19.5 Å². The Morgan fingerprint density at radius 2 is 1.09 bits per heavy atom. The molecule has 0 aliphatic carbocycles. The molecule has 0 radical (unpaired) electrons. The SMILES string of the molecule is Cc1ccc(-c2nc3ccccc3nc2-c2ccc(C)s2)s1. The molecule has 0 bridgehead atoms. The lowest BCUT2D eigenvalue weighted by atomic mass is 10.2. The van der Waals surface area contributed by atoms with Gasteiger partial charge in [0.05, 0.1) is 20.8 Å². The standard InChI is InChI=1S/C18H14N2S2/c1-11-7-9-15(21-11)17-18(16-10-8-12(2)22-16)20-14-6-4-3-5-13(14)19-17/h3-10H,1-2H3. The number of hydrogen-bond donors (Lipinski definition) is 0. The molecule has 3 heterocycles. The van der Waals surface area contributed by atoms with E-state index in [0.29, 0.717) is 0 Å². The van der Waals surface area contributed by atoms with Crippen molar-refractivity contribution >= 4 is 33.7 Å². The average Bonchev–Trinajstić information content (AvgIpc) is 3.14. The molecule has 0 fully saturated rings. The Kier molecular flexibility index (Phi) is 3.28. The maximum atomic E-state index is 4.90. The third-order valence-electron chi connectivity index (χ3n) is 3.52. The van der Waals surface area contributed by atoms with E-state index in [-0.39, 0.29) is 0 Å². The third kappa shape index (κ3) is 2.34. The zero-order valence-corrected chi connectivity index (χ0v) is 14.0.